The SMILES string of the molecule is Cc1nc(COc2ccc(Cl)cc2)sc1C(=O)Nc1cccc(C(=O)Nc2ccccc2)c1C. The van der Waals surface area contributed by atoms with Gasteiger partial charge < -0.3 is 15.4 Å². The van der Waals surface area contributed by atoms with Gasteiger partial charge in [-0.05, 0) is 67.9 Å². The molecule has 1 aromatic heterocycles. The number of aryl methyl sites for hydroxylation is 1. The van der Waals surface area contributed by atoms with Crippen LogP contribution in [0.15, 0.2) is 72.8 Å². The van der Waals surface area contributed by atoms with Gasteiger partial charge in [-0.1, -0.05) is 35.9 Å². The molecule has 0 saturated carbocycles. The number of nitrogens with zero attached hydrogens (tertiary/aromatic N) is 1. The summed E-state index contributed by atoms with van der Waals surface area (Å²) in [5.41, 5.74) is 3.05. The Morgan fingerprint density at radius 2 is 1.65 bits per heavy atom. The third-order valence-corrected chi connectivity index (χ3v) is 6.46. The second-order valence-corrected chi connectivity index (χ2v) is 9.04. The van der Waals surface area contributed by atoms with Crippen LogP contribution in [0, 0.1) is 13.8 Å². The smallest absolute Gasteiger partial charge is 0.267 e. The van der Waals surface area contributed by atoms with E-state index >= 15 is 0 Å². The Hall–Kier alpha value is -3.68. The highest BCUT2D eigenvalue weighted by atomic mass is 35.5. The summed E-state index contributed by atoms with van der Waals surface area (Å²) in [6.07, 6.45) is 0. The molecule has 6 nitrogen and oxygen atoms in total. The molecule has 3 aromatic carbocycles. The first-order valence-corrected chi connectivity index (χ1v) is 11.7. The Morgan fingerprint density at radius 1 is 0.912 bits per heavy atom. The van der Waals surface area contributed by atoms with E-state index in [9.17, 15) is 9.59 Å². The van der Waals surface area contributed by atoms with E-state index in [0.29, 0.717) is 48.9 Å². The number of para-hydroxylation sites is 1. The summed E-state index contributed by atoms with van der Waals surface area (Å²) >= 11 is 7.17. The van der Waals surface area contributed by atoms with Gasteiger partial charge in [0.2, 0.25) is 0 Å². The summed E-state index contributed by atoms with van der Waals surface area (Å²) in [7, 11) is 0. The number of nitrogens with one attached hydrogen (secondary N) is 2. The molecule has 0 atom stereocenters. The van der Waals surface area contributed by atoms with Crippen molar-refractivity contribution in [2.75, 3.05) is 10.6 Å². The summed E-state index contributed by atoms with van der Waals surface area (Å²) in [4.78, 5) is 30.7. The van der Waals surface area contributed by atoms with Crippen LogP contribution >= 0.6 is 22.9 Å². The molecule has 8 heteroatoms. The molecule has 0 aliphatic heterocycles. The van der Waals surface area contributed by atoms with Gasteiger partial charge in [-0.2, -0.15) is 0 Å². The minimum absolute atomic E-state index is 0.240. The number of thiazole rings is 1. The van der Waals surface area contributed by atoms with Crippen molar-refractivity contribution >= 4 is 46.1 Å². The normalized spacial score (nSPS) is 10.6. The number of anilines is 2. The zero-order chi connectivity index (χ0) is 24.1. The van der Waals surface area contributed by atoms with Crippen LogP contribution < -0.4 is 15.4 Å². The van der Waals surface area contributed by atoms with Gasteiger partial charge in [-0.3, -0.25) is 9.59 Å². The van der Waals surface area contributed by atoms with Crippen molar-refractivity contribution < 1.29 is 14.3 Å². The molecule has 0 aliphatic carbocycles. The van der Waals surface area contributed by atoms with Gasteiger partial charge in [-0.15, -0.1) is 11.3 Å². The highest BCUT2D eigenvalue weighted by Gasteiger charge is 2.18. The van der Waals surface area contributed by atoms with E-state index < -0.39 is 0 Å². The topological polar surface area (TPSA) is 80.3 Å². The highest BCUT2D eigenvalue weighted by molar-refractivity contribution is 7.13. The van der Waals surface area contributed by atoms with Gasteiger partial charge in [0.15, 0.2) is 0 Å². The number of hydrogen-bond acceptors (Lipinski definition) is 5. The molecule has 1 heterocycles. The van der Waals surface area contributed by atoms with E-state index in [1.54, 1.807) is 56.3 Å². The standard InChI is InChI=1S/C26H22ClN3O3S/c1-16-21(25(31)29-19-7-4-3-5-8-19)9-6-10-22(16)30-26(32)24-17(2)28-23(34-24)15-33-20-13-11-18(27)12-14-20/h3-14H,15H2,1-2H3,(H,29,31)(H,30,32). The Balaban J connectivity index is 1.45. The average molecular weight is 492 g/mol. The second kappa shape index (κ2) is 10.5. The first kappa shape index (κ1) is 23.5. The number of benzene rings is 3. The molecule has 0 unspecified atom stereocenters. The lowest BCUT2D eigenvalue weighted by molar-refractivity contribution is 0.101. The van der Waals surface area contributed by atoms with Crippen molar-refractivity contribution in [1.82, 2.24) is 4.98 Å². The van der Waals surface area contributed by atoms with E-state index in [1.807, 2.05) is 30.3 Å². The van der Waals surface area contributed by atoms with Crippen LogP contribution in [0.2, 0.25) is 5.02 Å². The minimum atomic E-state index is -0.281. The van der Waals surface area contributed by atoms with Crippen LogP contribution in [0.25, 0.3) is 0 Å². The maximum Gasteiger partial charge on any atom is 0.267 e. The number of rotatable bonds is 7. The number of halogens is 1. The van der Waals surface area contributed by atoms with Gasteiger partial charge in [0.25, 0.3) is 11.8 Å². The molecule has 0 bridgehead atoms. The Bertz CT molecular complexity index is 1320. The van der Waals surface area contributed by atoms with Gasteiger partial charge >= 0.3 is 0 Å². The van der Waals surface area contributed by atoms with Crippen molar-refractivity contribution in [1.29, 1.82) is 0 Å². The first-order chi connectivity index (χ1) is 16.4. The van der Waals surface area contributed by atoms with E-state index in [1.165, 1.54) is 11.3 Å². The largest absolute Gasteiger partial charge is 0.486 e. The molecule has 2 amide bonds. The summed E-state index contributed by atoms with van der Waals surface area (Å²) in [6, 6.07) is 21.5. The Labute approximate surface area is 206 Å². The highest BCUT2D eigenvalue weighted by Crippen LogP contribution is 2.25. The molecule has 0 aliphatic rings. The molecule has 172 valence electrons. The van der Waals surface area contributed by atoms with E-state index in [-0.39, 0.29) is 18.4 Å². The second-order valence-electron chi connectivity index (χ2n) is 7.52. The minimum Gasteiger partial charge on any atom is -0.486 e. The van der Waals surface area contributed by atoms with Crippen LogP contribution in [0.4, 0.5) is 11.4 Å². The lowest BCUT2D eigenvalue weighted by Gasteiger charge is -2.12. The maximum absolute atomic E-state index is 13.0. The van der Waals surface area contributed by atoms with Crippen molar-refractivity contribution in [3.05, 3.63) is 105 Å². The molecular weight excluding hydrogens is 470 g/mol. The summed E-state index contributed by atoms with van der Waals surface area (Å²) < 4.78 is 5.74. The number of carbonyl (C=O) groups is 2. The summed E-state index contributed by atoms with van der Waals surface area (Å²) in [6.45, 7) is 3.84. The Morgan fingerprint density at radius 3 is 2.38 bits per heavy atom. The monoisotopic (exact) mass is 491 g/mol. The van der Waals surface area contributed by atoms with Gasteiger partial charge in [0, 0.05) is 22.0 Å². The fourth-order valence-corrected chi connectivity index (χ4v) is 4.32. The van der Waals surface area contributed by atoms with Crippen molar-refractivity contribution in [3.63, 3.8) is 0 Å². The zero-order valence-electron chi connectivity index (χ0n) is 18.6. The predicted molar refractivity (Wildman–Crippen MR) is 136 cm³/mol. The van der Waals surface area contributed by atoms with Gasteiger partial charge in [-0.25, -0.2) is 4.98 Å². The molecule has 0 saturated heterocycles. The quantitative estimate of drug-likeness (QED) is 0.309. The van der Waals surface area contributed by atoms with Crippen LogP contribution in [0.1, 0.15) is 36.3 Å². The molecule has 0 spiro atoms. The number of amides is 2. The van der Waals surface area contributed by atoms with Gasteiger partial charge in [0.05, 0.1) is 5.69 Å². The first-order valence-electron chi connectivity index (χ1n) is 10.5. The number of aromatic nitrogens is 1. The molecule has 0 radical (unpaired) electrons. The molecule has 4 rings (SSSR count). The third kappa shape index (κ3) is 5.62. The average Bonchev–Trinajstić information content (AvgIpc) is 3.21. The number of ether oxygens (including phenoxy) is 1. The van der Waals surface area contributed by atoms with E-state index in [0.717, 1.165) is 0 Å². The molecular formula is C26H22ClN3O3S. The fourth-order valence-electron chi connectivity index (χ4n) is 3.32. The van der Waals surface area contributed by atoms with E-state index in [4.69, 9.17) is 16.3 Å². The maximum atomic E-state index is 13.0. The Kier molecular flexibility index (Phi) is 7.25. The van der Waals surface area contributed by atoms with Crippen molar-refractivity contribution in [2.45, 2.75) is 20.5 Å². The lowest BCUT2D eigenvalue weighted by Crippen LogP contribution is -2.16. The number of hydrogen-bond donors (Lipinski definition) is 2. The van der Waals surface area contributed by atoms with Gasteiger partial charge in [0.1, 0.15) is 22.2 Å². The van der Waals surface area contributed by atoms with Crippen LogP contribution in [0.3, 0.4) is 0 Å². The summed E-state index contributed by atoms with van der Waals surface area (Å²) in [5.74, 6) is 0.149. The van der Waals surface area contributed by atoms with Crippen LogP contribution in [-0.4, -0.2) is 16.8 Å². The van der Waals surface area contributed by atoms with E-state index in [2.05, 4.69) is 15.6 Å². The molecule has 34 heavy (non-hydrogen) atoms. The van der Waals surface area contributed by atoms with Crippen LogP contribution in [-0.2, 0) is 6.61 Å². The van der Waals surface area contributed by atoms with Crippen LogP contribution in [0.5, 0.6) is 5.75 Å². The van der Waals surface area contributed by atoms with Crippen molar-refractivity contribution in [3.8, 4) is 5.75 Å². The predicted octanol–water partition coefficient (Wildman–Crippen LogP) is 6.50. The molecule has 0 fully saturated rings. The third-order valence-electron chi connectivity index (χ3n) is 5.08. The zero-order valence-corrected chi connectivity index (χ0v) is 20.2. The van der Waals surface area contributed by atoms with Crippen molar-refractivity contribution in [2.24, 2.45) is 0 Å². The molecule has 2 N–H and O–H groups in total. The lowest BCUT2D eigenvalue weighted by atomic mass is 10.1. The fraction of sp³-hybridized carbons (Fsp3) is 0.115. The summed E-state index contributed by atoms with van der Waals surface area (Å²) in [5, 5.41) is 7.11. The number of carbonyl (C=O) groups excluding carboxylic acids is 2. The molecule has 4 aromatic rings.